The molecule has 4 heteroatoms. The Kier molecular flexibility index (Phi) is 5.17. The second-order valence-corrected chi connectivity index (χ2v) is 7.93. The van der Waals surface area contributed by atoms with E-state index in [-0.39, 0.29) is 6.04 Å². The normalized spacial score (nSPS) is 16.0. The van der Waals surface area contributed by atoms with Crippen LogP contribution in [-0.2, 0) is 22.9 Å². The Morgan fingerprint density at radius 1 is 1.00 bits per heavy atom. The maximum Gasteiger partial charge on any atom is 0.234 e. The molecule has 2 aromatic rings. The Morgan fingerprint density at radius 3 is 2.46 bits per heavy atom. The first-order valence-electron chi connectivity index (χ1n) is 8.41. The lowest BCUT2D eigenvalue weighted by atomic mass is 9.89. The number of fused-ring (bicyclic) bond motifs is 1. The van der Waals surface area contributed by atoms with Crippen LogP contribution in [0.15, 0.2) is 53.9 Å². The minimum absolute atomic E-state index is 0.248. The lowest BCUT2D eigenvalue weighted by Gasteiger charge is -2.19. The van der Waals surface area contributed by atoms with Gasteiger partial charge in [0.1, 0.15) is 0 Å². The van der Waals surface area contributed by atoms with E-state index in [1.165, 1.54) is 29.4 Å². The van der Waals surface area contributed by atoms with Crippen LogP contribution in [0.25, 0.3) is 6.08 Å². The van der Waals surface area contributed by atoms with Crippen LogP contribution in [0.2, 0.25) is 0 Å². The molecular formula is C20H23NO2S. The summed E-state index contributed by atoms with van der Waals surface area (Å²) in [5.41, 5.74) is 4.66. The summed E-state index contributed by atoms with van der Waals surface area (Å²) in [4.78, 5) is 0. The molecule has 1 atom stereocenters. The summed E-state index contributed by atoms with van der Waals surface area (Å²) >= 11 is 0. The number of rotatable bonds is 5. The third-order valence-electron chi connectivity index (χ3n) is 4.45. The van der Waals surface area contributed by atoms with Gasteiger partial charge in [0.05, 0.1) is 0 Å². The van der Waals surface area contributed by atoms with Crippen LogP contribution < -0.4 is 4.72 Å². The number of hydrogen-bond acceptors (Lipinski definition) is 2. The Hall–Kier alpha value is -1.91. The van der Waals surface area contributed by atoms with Gasteiger partial charge in [-0.1, -0.05) is 48.5 Å². The van der Waals surface area contributed by atoms with Gasteiger partial charge in [-0.25, -0.2) is 13.1 Å². The van der Waals surface area contributed by atoms with Crippen molar-refractivity contribution in [1.29, 1.82) is 0 Å². The number of hydrogen-bond donors (Lipinski definition) is 1. The third kappa shape index (κ3) is 4.34. The van der Waals surface area contributed by atoms with Crippen LogP contribution in [0, 0.1) is 0 Å². The third-order valence-corrected chi connectivity index (χ3v) is 5.63. The van der Waals surface area contributed by atoms with Crippen LogP contribution in [0.3, 0.4) is 0 Å². The smallest absolute Gasteiger partial charge is 0.208 e. The van der Waals surface area contributed by atoms with Gasteiger partial charge < -0.3 is 0 Å². The topological polar surface area (TPSA) is 46.2 Å². The SMILES string of the molecule is C[C@@H](NS(=O)(=O)/C=C/c1ccccc1)c1ccc2c(c1)CCCC2. The monoisotopic (exact) mass is 341 g/mol. The maximum atomic E-state index is 12.3. The van der Waals surface area contributed by atoms with Crippen molar-refractivity contribution in [3.8, 4) is 0 Å². The fourth-order valence-electron chi connectivity index (χ4n) is 3.11. The van der Waals surface area contributed by atoms with Crippen molar-refractivity contribution in [1.82, 2.24) is 4.72 Å². The molecule has 0 heterocycles. The van der Waals surface area contributed by atoms with E-state index in [2.05, 4.69) is 16.9 Å². The highest BCUT2D eigenvalue weighted by atomic mass is 32.2. The molecule has 1 aliphatic rings. The standard InChI is InChI=1S/C20H23NO2S/c1-16(19-12-11-18-9-5-6-10-20(18)15-19)21-24(22,23)14-13-17-7-3-2-4-8-17/h2-4,7-8,11-16,21H,5-6,9-10H2,1H3/b14-13+/t16-/m1/s1. The Balaban J connectivity index is 1.71. The van der Waals surface area contributed by atoms with E-state index in [1.807, 2.05) is 43.3 Å². The highest BCUT2D eigenvalue weighted by Crippen LogP contribution is 2.25. The summed E-state index contributed by atoms with van der Waals surface area (Å²) in [5, 5.41) is 1.23. The average molecular weight is 341 g/mol. The van der Waals surface area contributed by atoms with E-state index in [4.69, 9.17) is 0 Å². The highest BCUT2D eigenvalue weighted by Gasteiger charge is 2.16. The number of aryl methyl sites for hydroxylation is 2. The molecule has 1 aliphatic carbocycles. The van der Waals surface area contributed by atoms with Crippen LogP contribution >= 0.6 is 0 Å². The van der Waals surface area contributed by atoms with E-state index in [1.54, 1.807) is 6.08 Å². The van der Waals surface area contributed by atoms with E-state index in [0.717, 1.165) is 24.0 Å². The zero-order valence-corrected chi connectivity index (χ0v) is 14.7. The van der Waals surface area contributed by atoms with Crippen molar-refractivity contribution < 1.29 is 8.42 Å². The average Bonchev–Trinajstić information content (AvgIpc) is 2.60. The second-order valence-electron chi connectivity index (χ2n) is 6.33. The molecule has 3 rings (SSSR count). The van der Waals surface area contributed by atoms with Crippen molar-refractivity contribution in [2.24, 2.45) is 0 Å². The minimum Gasteiger partial charge on any atom is -0.208 e. The molecule has 0 aliphatic heterocycles. The molecule has 2 aromatic carbocycles. The Labute approximate surface area is 144 Å². The summed E-state index contributed by atoms with van der Waals surface area (Å²) in [6, 6.07) is 15.5. The van der Waals surface area contributed by atoms with E-state index < -0.39 is 10.0 Å². The molecule has 1 N–H and O–H groups in total. The van der Waals surface area contributed by atoms with Crippen LogP contribution in [-0.4, -0.2) is 8.42 Å². The first-order valence-corrected chi connectivity index (χ1v) is 9.95. The quantitative estimate of drug-likeness (QED) is 0.885. The van der Waals surface area contributed by atoms with Gasteiger partial charge in [-0.2, -0.15) is 0 Å². The van der Waals surface area contributed by atoms with Gasteiger partial charge in [0.25, 0.3) is 0 Å². The minimum atomic E-state index is -3.48. The summed E-state index contributed by atoms with van der Waals surface area (Å²) < 4.78 is 27.3. The first kappa shape index (κ1) is 16.9. The number of benzene rings is 2. The molecule has 0 saturated heterocycles. The van der Waals surface area contributed by atoms with E-state index in [9.17, 15) is 8.42 Å². The van der Waals surface area contributed by atoms with Gasteiger partial charge in [-0.15, -0.1) is 0 Å². The van der Waals surface area contributed by atoms with E-state index in [0.29, 0.717) is 0 Å². The summed E-state index contributed by atoms with van der Waals surface area (Å²) in [6.07, 6.45) is 6.31. The molecule has 3 nitrogen and oxygen atoms in total. The summed E-state index contributed by atoms with van der Waals surface area (Å²) in [5.74, 6) is 0. The molecule has 0 aromatic heterocycles. The van der Waals surface area contributed by atoms with Gasteiger partial charge in [-0.3, -0.25) is 0 Å². The van der Waals surface area contributed by atoms with Crippen molar-refractivity contribution >= 4 is 16.1 Å². The lowest BCUT2D eigenvalue weighted by molar-refractivity contribution is 0.576. The first-order chi connectivity index (χ1) is 11.5. The molecule has 0 amide bonds. The molecule has 0 bridgehead atoms. The fraction of sp³-hybridized carbons (Fsp3) is 0.300. The molecule has 0 unspecified atom stereocenters. The van der Waals surface area contributed by atoms with Gasteiger partial charge in [0.2, 0.25) is 10.0 Å². The zero-order chi connectivity index (χ0) is 17.0. The summed E-state index contributed by atoms with van der Waals surface area (Å²) in [7, 11) is -3.48. The molecule has 0 spiro atoms. The molecule has 126 valence electrons. The predicted molar refractivity (Wildman–Crippen MR) is 99.0 cm³/mol. The highest BCUT2D eigenvalue weighted by molar-refractivity contribution is 7.92. The van der Waals surface area contributed by atoms with Gasteiger partial charge >= 0.3 is 0 Å². The maximum absolute atomic E-state index is 12.3. The molecule has 0 saturated carbocycles. The number of nitrogens with one attached hydrogen (secondary N) is 1. The van der Waals surface area contributed by atoms with Crippen molar-refractivity contribution in [2.75, 3.05) is 0 Å². The van der Waals surface area contributed by atoms with Crippen molar-refractivity contribution in [2.45, 2.75) is 38.6 Å². The fourth-order valence-corrected chi connectivity index (χ4v) is 4.15. The largest absolute Gasteiger partial charge is 0.234 e. The molecule has 0 radical (unpaired) electrons. The van der Waals surface area contributed by atoms with E-state index >= 15 is 0 Å². The van der Waals surface area contributed by atoms with Gasteiger partial charge in [0, 0.05) is 11.4 Å². The zero-order valence-electron chi connectivity index (χ0n) is 13.9. The summed E-state index contributed by atoms with van der Waals surface area (Å²) in [6.45, 7) is 1.89. The second kappa shape index (κ2) is 7.32. The molecule has 0 fully saturated rings. The van der Waals surface area contributed by atoms with Crippen molar-refractivity contribution in [3.05, 3.63) is 76.2 Å². The number of sulfonamides is 1. The predicted octanol–water partition coefficient (Wildman–Crippen LogP) is 4.22. The molecular weight excluding hydrogens is 318 g/mol. The van der Waals surface area contributed by atoms with Gasteiger partial charge in [-0.05, 0) is 60.9 Å². The Bertz CT molecular complexity index is 826. The molecule has 24 heavy (non-hydrogen) atoms. The van der Waals surface area contributed by atoms with Crippen LogP contribution in [0.4, 0.5) is 0 Å². The Morgan fingerprint density at radius 2 is 1.71 bits per heavy atom. The van der Waals surface area contributed by atoms with Crippen molar-refractivity contribution in [3.63, 3.8) is 0 Å². The lowest BCUT2D eigenvalue weighted by Crippen LogP contribution is -2.25. The van der Waals surface area contributed by atoms with Crippen LogP contribution in [0.5, 0.6) is 0 Å². The van der Waals surface area contributed by atoms with Gasteiger partial charge in [0.15, 0.2) is 0 Å². The van der Waals surface area contributed by atoms with Crippen LogP contribution in [0.1, 0.15) is 48.1 Å².